The van der Waals surface area contributed by atoms with Gasteiger partial charge in [0.1, 0.15) is 16.2 Å². The lowest BCUT2D eigenvalue weighted by Gasteiger charge is -2.16. The van der Waals surface area contributed by atoms with Crippen LogP contribution in [0.25, 0.3) is 10.9 Å². The summed E-state index contributed by atoms with van der Waals surface area (Å²) in [6.07, 6.45) is 2.23. The first-order chi connectivity index (χ1) is 19.8. The van der Waals surface area contributed by atoms with E-state index in [1.165, 1.54) is 19.2 Å². The smallest absolute Gasteiger partial charge is 0.343 e. The number of esters is 1. The molecule has 0 radical (unpaired) electrons. The fourth-order valence-electron chi connectivity index (χ4n) is 4.22. The van der Waals surface area contributed by atoms with Crippen molar-refractivity contribution in [2.24, 2.45) is 0 Å². The zero-order valence-corrected chi connectivity index (χ0v) is 23.6. The number of carbonyl (C=O) groups is 1. The molecule has 0 spiro atoms. The van der Waals surface area contributed by atoms with Crippen molar-refractivity contribution in [2.45, 2.75) is 11.3 Å². The van der Waals surface area contributed by atoms with Crippen LogP contribution in [0.3, 0.4) is 0 Å². The molecule has 0 saturated heterocycles. The minimum absolute atomic E-state index is 0.0622. The van der Waals surface area contributed by atoms with E-state index in [1.54, 1.807) is 66.9 Å². The van der Waals surface area contributed by atoms with Gasteiger partial charge >= 0.3 is 5.97 Å². The summed E-state index contributed by atoms with van der Waals surface area (Å²) >= 11 is 5.98. The maximum atomic E-state index is 13.6. The summed E-state index contributed by atoms with van der Waals surface area (Å²) in [5, 5.41) is 4.64. The van der Waals surface area contributed by atoms with Crippen molar-refractivity contribution in [2.75, 3.05) is 23.7 Å². The zero-order valence-electron chi connectivity index (χ0n) is 22.0. The highest BCUT2D eigenvalue weighted by atomic mass is 35.5. The summed E-state index contributed by atoms with van der Waals surface area (Å²) in [5.74, 6) is 0.0541. The molecule has 0 aliphatic carbocycles. The normalized spacial score (nSPS) is 11.2. The molecule has 0 aliphatic rings. The van der Waals surface area contributed by atoms with Crippen LogP contribution in [0.4, 0.5) is 11.4 Å². The van der Waals surface area contributed by atoms with Crippen molar-refractivity contribution in [3.8, 4) is 11.5 Å². The largest absolute Gasteiger partial charge is 0.497 e. The van der Waals surface area contributed by atoms with Crippen molar-refractivity contribution < 1.29 is 22.7 Å². The van der Waals surface area contributed by atoms with Gasteiger partial charge in [-0.05, 0) is 66.6 Å². The van der Waals surface area contributed by atoms with Gasteiger partial charge in [-0.15, -0.1) is 0 Å². The summed E-state index contributed by atoms with van der Waals surface area (Å²) in [6.45, 7) is 0.439. The van der Waals surface area contributed by atoms with E-state index in [1.807, 2.05) is 24.3 Å². The van der Waals surface area contributed by atoms with Crippen molar-refractivity contribution in [3.63, 3.8) is 0 Å². The maximum absolute atomic E-state index is 13.6. The number of aromatic nitrogens is 1. The number of methoxy groups -OCH3 is 1. The zero-order chi connectivity index (χ0) is 28.8. The third kappa shape index (κ3) is 6.77. The number of benzene rings is 4. The highest BCUT2D eigenvalue weighted by Crippen LogP contribution is 2.29. The number of ether oxygens (including phenoxy) is 2. The fourth-order valence-corrected chi connectivity index (χ4v) is 5.61. The molecular weight excluding hydrogens is 562 g/mol. The quantitative estimate of drug-likeness (QED) is 0.140. The third-order valence-corrected chi connectivity index (χ3v) is 7.94. The molecule has 0 fully saturated rings. The lowest BCUT2D eigenvalue weighted by molar-refractivity contribution is 0.0736. The van der Waals surface area contributed by atoms with Crippen LogP contribution in [0.5, 0.6) is 11.5 Å². The molecule has 0 amide bonds. The minimum atomic E-state index is -4.14. The molecule has 0 saturated carbocycles. The predicted molar refractivity (Wildman–Crippen MR) is 161 cm³/mol. The first-order valence-electron chi connectivity index (χ1n) is 12.7. The lowest BCUT2D eigenvalue weighted by Crippen LogP contribution is -2.18. The van der Waals surface area contributed by atoms with Crippen LogP contribution in [-0.4, -0.2) is 33.0 Å². The van der Waals surface area contributed by atoms with Gasteiger partial charge in [0.2, 0.25) is 0 Å². The third-order valence-electron chi connectivity index (χ3n) is 6.27. The number of nitrogens with zero attached hydrogens (tertiary/aromatic N) is 1. The van der Waals surface area contributed by atoms with E-state index in [0.29, 0.717) is 40.6 Å². The van der Waals surface area contributed by atoms with Gasteiger partial charge in [-0.3, -0.25) is 9.71 Å². The van der Waals surface area contributed by atoms with Crippen molar-refractivity contribution in [1.29, 1.82) is 0 Å². The number of fused-ring (bicyclic) bond motifs is 1. The van der Waals surface area contributed by atoms with Crippen LogP contribution < -0.4 is 19.5 Å². The van der Waals surface area contributed by atoms with Crippen molar-refractivity contribution in [3.05, 3.63) is 119 Å². The van der Waals surface area contributed by atoms with Crippen LogP contribution in [0, 0.1) is 0 Å². The molecule has 5 aromatic rings. The molecule has 0 aliphatic heterocycles. The molecule has 0 unspecified atom stereocenters. The van der Waals surface area contributed by atoms with Crippen LogP contribution in [-0.2, 0) is 16.4 Å². The Morgan fingerprint density at radius 1 is 0.927 bits per heavy atom. The molecule has 1 aromatic heterocycles. The van der Waals surface area contributed by atoms with Gasteiger partial charge in [-0.2, -0.15) is 0 Å². The van der Waals surface area contributed by atoms with Gasteiger partial charge in [0.05, 0.1) is 24.0 Å². The summed E-state index contributed by atoms with van der Waals surface area (Å²) in [6, 6.07) is 27.3. The van der Waals surface area contributed by atoms with Gasteiger partial charge in [0.15, 0.2) is 5.75 Å². The minimum Gasteiger partial charge on any atom is -0.497 e. The van der Waals surface area contributed by atoms with Gasteiger partial charge in [-0.1, -0.05) is 48.0 Å². The number of halogens is 1. The summed E-state index contributed by atoms with van der Waals surface area (Å²) < 4.78 is 40.7. The number of hydrogen-bond acceptors (Lipinski definition) is 7. The Labute approximate surface area is 243 Å². The highest BCUT2D eigenvalue weighted by molar-refractivity contribution is 7.92. The Kier molecular flexibility index (Phi) is 8.37. The second-order valence-electron chi connectivity index (χ2n) is 9.07. The first kappa shape index (κ1) is 27.9. The van der Waals surface area contributed by atoms with E-state index in [0.717, 1.165) is 10.9 Å². The number of rotatable bonds is 10. The molecule has 4 aromatic carbocycles. The van der Waals surface area contributed by atoms with Crippen LogP contribution >= 0.6 is 11.6 Å². The second-order valence-corrected chi connectivity index (χ2v) is 11.2. The van der Waals surface area contributed by atoms with Crippen LogP contribution in [0.1, 0.15) is 15.9 Å². The average Bonchev–Trinajstić information content (AvgIpc) is 2.98. The highest BCUT2D eigenvalue weighted by Gasteiger charge is 2.23. The number of carbonyl (C=O) groups excluding carboxylic acids is 1. The number of anilines is 2. The molecule has 41 heavy (non-hydrogen) atoms. The predicted octanol–water partition coefficient (Wildman–Crippen LogP) is 6.57. The monoisotopic (exact) mass is 587 g/mol. The number of hydrogen-bond donors (Lipinski definition) is 2. The van der Waals surface area contributed by atoms with Gasteiger partial charge in [-0.25, -0.2) is 13.2 Å². The van der Waals surface area contributed by atoms with E-state index >= 15 is 0 Å². The van der Waals surface area contributed by atoms with Gasteiger partial charge in [0, 0.05) is 29.2 Å². The molecule has 0 bridgehead atoms. The Morgan fingerprint density at radius 2 is 1.71 bits per heavy atom. The van der Waals surface area contributed by atoms with E-state index in [9.17, 15) is 13.2 Å². The first-order valence-corrected chi connectivity index (χ1v) is 14.5. The Morgan fingerprint density at radius 3 is 2.51 bits per heavy atom. The molecule has 8 nitrogen and oxygen atoms in total. The Bertz CT molecular complexity index is 1810. The van der Waals surface area contributed by atoms with E-state index in [4.69, 9.17) is 21.1 Å². The van der Waals surface area contributed by atoms with E-state index in [-0.39, 0.29) is 16.2 Å². The SMILES string of the molecule is COc1cccc(NS(=O)(=O)c2cc(C(=O)Oc3cccc4cccnc34)ccc2NCCc2ccc(Cl)cc2)c1. The molecule has 2 N–H and O–H groups in total. The van der Waals surface area contributed by atoms with Crippen molar-refractivity contribution in [1.82, 2.24) is 4.98 Å². The summed E-state index contributed by atoms with van der Waals surface area (Å²) in [4.78, 5) is 17.4. The summed E-state index contributed by atoms with van der Waals surface area (Å²) in [7, 11) is -2.64. The number of sulfonamides is 1. The Balaban J connectivity index is 1.44. The van der Waals surface area contributed by atoms with Crippen LogP contribution in [0.2, 0.25) is 5.02 Å². The van der Waals surface area contributed by atoms with Gasteiger partial charge < -0.3 is 14.8 Å². The fraction of sp³-hybridized carbons (Fsp3) is 0.0968. The molecule has 208 valence electrons. The summed E-state index contributed by atoms with van der Waals surface area (Å²) in [5.41, 5.74) is 2.26. The lowest BCUT2D eigenvalue weighted by atomic mass is 10.1. The van der Waals surface area contributed by atoms with Gasteiger partial charge in [0.25, 0.3) is 10.0 Å². The molecule has 0 atom stereocenters. The van der Waals surface area contributed by atoms with Crippen LogP contribution in [0.15, 0.2) is 108 Å². The topological polar surface area (TPSA) is 107 Å². The molecule has 10 heteroatoms. The number of pyridine rings is 1. The molecule has 5 rings (SSSR count). The molecular formula is C31H26ClN3O5S. The Hall–Kier alpha value is -4.60. The average molecular weight is 588 g/mol. The standard InChI is InChI=1S/C31H26ClN3O5S/c1-39-26-8-3-7-25(20-26)35-41(37,38)29-19-23(12-15-27(29)33-18-16-21-10-13-24(32)14-11-21)31(36)40-28-9-2-5-22-6-4-17-34-30(22)28/h2-15,17,19-20,33,35H,16,18H2,1H3. The number of nitrogens with one attached hydrogen (secondary N) is 2. The van der Waals surface area contributed by atoms with Crippen molar-refractivity contribution >= 4 is 49.9 Å². The van der Waals surface area contributed by atoms with E-state index in [2.05, 4.69) is 15.0 Å². The maximum Gasteiger partial charge on any atom is 0.343 e. The molecule has 1 heterocycles. The van der Waals surface area contributed by atoms with E-state index < -0.39 is 16.0 Å². The second kappa shape index (κ2) is 12.3. The number of para-hydroxylation sites is 1.